The van der Waals surface area contributed by atoms with Gasteiger partial charge in [0, 0.05) is 0 Å². The van der Waals surface area contributed by atoms with Crippen LogP contribution < -0.4 is 15.3 Å². The fraction of sp³-hybridized carbons (Fsp3) is 0.484. The van der Waals surface area contributed by atoms with E-state index in [0.29, 0.717) is 11.2 Å². The number of nitrogens with two attached hydrogens (primary N) is 1. The first-order valence-electron chi connectivity index (χ1n) is 15.3. The van der Waals surface area contributed by atoms with Crippen molar-refractivity contribution in [2.45, 2.75) is 77.1 Å². The molecule has 0 spiro atoms. The zero-order valence-corrected chi connectivity index (χ0v) is 28.1. The standard InChI is InChI=1S/C31H37N6O10P/c1-7-42-28(40)19(6)36-48(41,46-20-11-9-8-10-12-20)47-29-30(15-32)31(29,45-27(39)18(4)5)24(43-26(38)17(2)3)23(44-30)21-13-14-22-25(33)34-16-35-37(21)22/h8-14,16-19,23-24,29H,7H2,1-6H3,(H,36,41)(H2,33,34,35)/t19-,23-,24-,29?,30+,31+,48+/m0/s1. The van der Waals surface area contributed by atoms with Crippen molar-refractivity contribution in [1.82, 2.24) is 19.7 Å². The first-order valence-corrected chi connectivity index (χ1v) is 16.9. The normalized spacial score (nSPS) is 26.3. The van der Waals surface area contributed by atoms with Gasteiger partial charge in [-0.15, -0.1) is 0 Å². The second-order valence-corrected chi connectivity index (χ2v) is 13.6. The minimum Gasteiger partial charge on any atom is -0.465 e. The van der Waals surface area contributed by atoms with Crippen molar-refractivity contribution in [3.8, 4) is 11.8 Å². The average molecular weight is 685 g/mol. The maximum atomic E-state index is 14.6. The minimum absolute atomic E-state index is 0.0487. The minimum atomic E-state index is -4.65. The largest absolute Gasteiger partial charge is 0.465 e. The van der Waals surface area contributed by atoms with Crippen LogP contribution in [0.2, 0.25) is 0 Å². The summed E-state index contributed by atoms with van der Waals surface area (Å²) < 4.78 is 51.3. The monoisotopic (exact) mass is 684 g/mol. The van der Waals surface area contributed by atoms with Crippen LogP contribution in [0.1, 0.15) is 53.3 Å². The first-order chi connectivity index (χ1) is 22.7. The average Bonchev–Trinajstić information content (AvgIpc) is 3.29. The second-order valence-electron chi connectivity index (χ2n) is 12.0. The third kappa shape index (κ3) is 5.99. The van der Waals surface area contributed by atoms with Gasteiger partial charge in [-0.2, -0.15) is 15.4 Å². The van der Waals surface area contributed by atoms with Crippen LogP contribution in [0.25, 0.3) is 5.52 Å². The SMILES string of the molecule is CCOC(=O)[C@H](C)N[P@@](=O)(Oc1ccccc1)OC1[C@@]2(C#N)O[C@@H](c3ccc4c(N)ncnn34)[C@H](OC(=O)C(C)C)[C@@]12OC(=O)C(C)C. The van der Waals surface area contributed by atoms with E-state index in [1.54, 1.807) is 65.0 Å². The number of anilines is 1. The lowest BCUT2D eigenvalue weighted by molar-refractivity contribution is -0.181. The predicted octanol–water partition coefficient (Wildman–Crippen LogP) is 3.28. The number of aromatic nitrogens is 3. The van der Waals surface area contributed by atoms with Crippen molar-refractivity contribution in [2.24, 2.45) is 11.8 Å². The molecule has 48 heavy (non-hydrogen) atoms. The highest BCUT2D eigenvalue weighted by Gasteiger charge is 2.95. The number of rotatable bonds is 13. The Hall–Kier alpha value is -4.55. The molecule has 2 fully saturated rings. The molecule has 1 aliphatic heterocycles. The van der Waals surface area contributed by atoms with Crippen LogP contribution in [0.4, 0.5) is 5.82 Å². The Kier molecular flexibility index (Phi) is 9.53. The summed E-state index contributed by atoms with van der Waals surface area (Å²) in [6.07, 6.45) is -3.22. The number of nitriles is 1. The van der Waals surface area contributed by atoms with Gasteiger partial charge in [0.1, 0.15) is 35.8 Å². The van der Waals surface area contributed by atoms with E-state index in [2.05, 4.69) is 15.2 Å². The molecule has 0 radical (unpaired) electrons. The molecule has 16 nitrogen and oxygen atoms in total. The molecule has 1 saturated carbocycles. The number of fused-ring (bicyclic) bond motifs is 2. The lowest BCUT2D eigenvalue weighted by Gasteiger charge is -2.30. The summed E-state index contributed by atoms with van der Waals surface area (Å²) in [6.45, 7) is 9.38. The van der Waals surface area contributed by atoms with Crippen LogP contribution in [0.15, 0.2) is 48.8 Å². The number of esters is 3. The Morgan fingerprint density at radius 3 is 2.40 bits per heavy atom. The zero-order valence-electron chi connectivity index (χ0n) is 27.2. The summed E-state index contributed by atoms with van der Waals surface area (Å²) >= 11 is 0. The summed E-state index contributed by atoms with van der Waals surface area (Å²) in [5.74, 6) is -3.38. The van der Waals surface area contributed by atoms with Crippen LogP contribution in [-0.4, -0.2) is 68.6 Å². The maximum Gasteiger partial charge on any atom is 0.460 e. The maximum absolute atomic E-state index is 14.6. The van der Waals surface area contributed by atoms with Gasteiger partial charge < -0.3 is 29.2 Å². The molecule has 2 aromatic heterocycles. The van der Waals surface area contributed by atoms with Gasteiger partial charge in [-0.05, 0) is 38.1 Å². The molecule has 1 saturated heterocycles. The number of nitrogens with one attached hydrogen (secondary N) is 1. The molecule has 3 aromatic rings. The van der Waals surface area contributed by atoms with Gasteiger partial charge in [-0.3, -0.25) is 18.9 Å². The van der Waals surface area contributed by atoms with Gasteiger partial charge in [0.05, 0.1) is 24.1 Å². The van der Waals surface area contributed by atoms with Crippen molar-refractivity contribution in [1.29, 1.82) is 5.26 Å². The van der Waals surface area contributed by atoms with Gasteiger partial charge in [-0.25, -0.2) is 14.1 Å². The molecule has 0 bridgehead atoms. The number of hydrogen-bond donors (Lipinski definition) is 2. The second kappa shape index (κ2) is 13.2. The summed E-state index contributed by atoms with van der Waals surface area (Å²) in [7, 11) is -4.65. The Morgan fingerprint density at radius 1 is 1.08 bits per heavy atom. The van der Waals surface area contributed by atoms with Crippen LogP contribution in [0.3, 0.4) is 0 Å². The molecular weight excluding hydrogens is 647 g/mol. The molecule has 5 rings (SSSR count). The molecule has 1 aromatic carbocycles. The lowest BCUT2D eigenvalue weighted by atomic mass is 10.0. The number of nitrogen functional groups attached to an aromatic ring is 1. The smallest absolute Gasteiger partial charge is 0.460 e. The molecule has 1 aliphatic carbocycles. The van der Waals surface area contributed by atoms with E-state index >= 15 is 0 Å². The Labute approximate surface area is 276 Å². The van der Waals surface area contributed by atoms with Crippen LogP contribution >= 0.6 is 7.75 Å². The summed E-state index contributed by atoms with van der Waals surface area (Å²) in [5.41, 5.74) is 2.39. The lowest BCUT2D eigenvalue weighted by Crippen LogP contribution is -2.45. The number of para-hydroxylation sites is 1. The summed E-state index contributed by atoms with van der Waals surface area (Å²) in [5, 5.41) is 17.6. The molecule has 3 N–H and O–H groups in total. The van der Waals surface area contributed by atoms with Gasteiger partial charge in [-0.1, -0.05) is 45.9 Å². The van der Waals surface area contributed by atoms with Crippen molar-refractivity contribution >= 4 is 37.0 Å². The van der Waals surface area contributed by atoms with Gasteiger partial charge in [0.25, 0.3) is 0 Å². The van der Waals surface area contributed by atoms with E-state index in [4.69, 9.17) is 33.7 Å². The van der Waals surface area contributed by atoms with E-state index < -0.39 is 73.0 Å². The predicted molar refractivity (Wildman–Crippen MR) is 167 cm³/mol. The zero-order chi connectivity index (χ0) is 35.0. The molecule has 0 amide bonds. The number of carbonyl (C=O) groups excluding carboxylic acids is 3. The van der Waals surface area contributed by atoms with Crippen LogP contribution in [0, 0.1) is 23.2 Å². The van der Waals surface area contributed by atoms with Crippen LogP contribution in [-0.2, 0) is 42.4 Å². The molecular formula is C31H37N6O10P. The van der Waals surface area contributed by atoms with E-state index in [1.807, 2.05) is 6.07 Å². The quantitative estimate of drug-likeness (QED) is 0.150. The molecule has 17 heteroatoms. The molecule has 3 heterocycles. The Balaban J connectivity index is 1.63. The van der Waals surface area contributed by atoms with Crippen LogP contribution in [0.5, 0.6) is 5.75 Å². The van der Waals surface area contributed by atoms with E-state index in [-0.39, 0.29) is 18.2 Å². The van der Waals surface area contributed by atoms with E-state index in [1.165, 1.54) is 29.9 Å². The molecule has 1 unspecified atom stereocenters. The van der Waals surface area contributed by atoms with Gasteiger partial charge in [0.2, 0.25) is 11.2 Å². The summed E-state index contributed by atoms with van der Waals surface area (Å²) in [6, 6.07) is 12.0. The highest BCUT2D eigenvalue weighted by Crippen LogP contribution is 2.71. The van der Waals surface area contributed by atoms with E-state index in [9.17, 15) is 24.2 Å². The highest BCUT2D eigenvalue weighted by molar-refractivity contribution is 7.52. The van der Waals surface area contributed by atoms with E-state index in [0.717, 1.165) is 0 Å². The highest BCUT2D eigenvalue weighted by atomic mass is 31.2. The Bertz CT molecular complexity index is 1790. The number of ether oxygens (including phenoxy) is 4. The van der Waals surface area contributed by atoms with Crippen molar-refractivity contribution < 1.29 is 46.9 Å². The first kappa shape index (κ1) is 34.8. The molecule has 7 atom stereocenters. The third-order valence-electron chi connectivity index (χ3n) is 7.90. The third-order valence-corrected chi connectivity index (χ3v) is 9.54. The number of hydrogen-bond acceptors (Lipinski definition) is 14. The summed E-state index contributed by atoms with van der Waals surface area (Å²) in [4.78, 5) is 43.1. The number of nitrogens with zero attached hydrogens (tertiary/aromatic N) is 4. The van der Waals surface area contributed by atoms with Crippen molar-refractivity contribution in [2.75, 3.05) is 12.3 Å². The van der Waals surface area contributed by atoms with Crippen molar-refractivity contribution in [3.05, 3.63) is 54.5 Å². The fourth-order valence-corrected chi connectivity index (χ4v) is 7.14. The van der Waals surface area contributed by atoms with Gasteiger partial charge in [0.15, 0.2) is 18.0 Å². The van der Waals surface area contributed by atoms with Crippen molar-refractivity contribution in [3.63, 3.8) is 0 Å². The fourth-order valence-electron chi connectivity index (χ4n) is 5.42. The van der Waals surface area contributed by atoms with Gasteiger partial charge >= 0.3 is 25.7 Å². The Morgan fingerprint density at radius 2 is 1.77 bits per heavy atom. The molecule has 2 aliphatic rings. The molecule has 256 valence electrons. The number of benzene rings is 1. The number of carbonyl (C=O) groups is 3. The topological polar surface area (TPSA) is 216 Å².